The number of carbonyl (C=O) groups excluding carboxylic acids is 1. The van der Waals surface area contributed by atoms with E-state index in [-0.39, 0.29) is 0 Å². The Morgan fingerprint density at radius 3 is 2.39 bits per heavy atom. The maximum absolute atomic E-state index is 11.6. The summed E-state index contributed by atoms with van der Waals surface area (Å²) in [6, 6.07) is 17.2. The minimum atomic E-state index is -0.433. The molecule has 0 aromatic heterocycles. The molecule has 2 rings (SSSR count). The van der Waals surface area contributed by atoms with E-state index >= 15 is 0 Å². The van der Waals surface area contributed by atoms with Crippen molar-refractivity contribution in [2.45, 2.75) is 0 Å². The van der Waals surface area contributed by atoms with Gasteiger partial charge in [0, 0.05) is 10.0 Å². The predicted molar refractivity (Wildman–Crippen MR) is 77.6 cm³/mol. The maximum atomic E-state index is 11.6. The molecular formula is C15H12BrNO. The highest BCUT2D eigenvalue weighted by Gasteiger charge is 2.08. The van der Waals surface area contributed by atoms with Gasteiger partial charge in [-0.25, -0.2) is 0 Å². The zero-order valence-corrected chi connectivity index (χ0v) is 11.2. The van der Waals surface area contributed by atoms with Crippen LogP contribution in [-0.2, 0) is 4.79 Å². The third-order valence-electron chi connectivity index (χ3n) is 2.51. The van der Waals surface area contributed by atoms with Crippen LogP contribution >= 0.6 is 15.9 Å². The fourth-order valence-electron chi connectivity index (χ4n) is 1.67. The van der Waals surface area contributed by atoms with Crippen molar-refractivity contribution < 1.29 is 4.79 Å². The van der Waals surface area contributed by atoms with Crippen LogP contribution in [0.15, 0.2) is 59.1 Å². The molecule has 0 aliphatic rings. The highest BCUT2D eigenvalue weighted by molar-refractivity contribution is 9.10. The normalized spacial score (nSPS) is 11.3. The van der Waals surface area contributed by atoms with Crippen molar-refractivity contribution in [1.29, 1.82) is 0 Å². The predicted octanol–water partition coefficient (Wildman–Crippen LogP) is 3.48. The molecule has 90 valence electrons. The zero-order valence-electron chi connectivity index (χ0n) is 9.64. The van der Waals surface area contributed by atoms with Crippen LogP contribution in [0, 0.1) is 0 Å². The third kappa shape index (κ3) is 3.08. The van der Waals surface area contributed by atoms with Crippen molar-refractivity contribution in [2.75, 3.05) is 0 Å². The largest absolute Gasteiger partial charge is 0.366 e. The monoisotopic (exact) mass is 301 g/mol. The van der Waals surface area contributed by atoms with Gasteiger partial charge >= 0.3 is 0 Å². The lowest BCUT2D eigenvalue weighted by Crippen LogP contribution is -2.12. The van der Waals surface area contributed by atoms with E-state index in [2.05, 4.69) is 15.9 Å². The Labute approximate surface area is 114 Å². The number of benzene rings is 2. The molecule has 0 spiro atoms. The van der Waals surface area contributed by atoms with E-state index in [1.54, 1.807) is 6.08 Å². The van der Waals surface area contributed by atoms with Gasteiger partial charge in [-0.15, -0.1) is 0 Å². The van der Waals surface area contributed by atoms with Gasteiger partial charge in [-0.3, -0.25) is 4.79 Å². The summed E-state index contributed by atoms with van der Waals surface area (Å²) in [6.45, 7) is 0. The summed E-state index contributed by atoms with van der Waals surface area (Å²) in [5.74, 6) is -0.433. The molecule has 0 fully saturated rings. The second-order valence-corrected chi connectivity index (χ2v) is 4.76. The van der Waals surface area contributed by atoms with Crippen molar-refractivity contribution >= 4 is 33.5 Å². The number of nitrogens with two attached hydrogens (primary N) is 1. The van der Waals surface area contributed by atoms with Crippen LogP contribution in [0.25, 0.3) is 11.6 Å². The van der Waals surface area contributed by atoms with E-state index in [1.807, 2.05) is 54.6 Å². The SMILES string of the molecule is NC(=O)C(=Cc1ccccc1)c1cccc(Br)c1. The van der Waals surface area contributed by atoms with Crippen LogP contribution in [0.5, 0.6) is 0 Å². The molecule has 0 heterocycles. The molecule has 0 aliphatic carbocycles. The van der Waals surface area contributed by atoms with Gasteiger partial charge in [0.25, 0.3) is 0 Å². The summed E-state index contributed by atoms with van der Waals surface area (Å²) in [5, 5.41) is 0. The highest BCUT2D eigenvalue weighted by Crippen LogP contribution is 2.21. The van der Waals surface area contributed by atoms with Crippen LogP contribution < -0.4 is 5.73 Å². The molecule has 0 saturated heterocycles. The summed E-state index contributed by atoms with van der Waals surface area (Å²) >= 11 is 3.39. The summed E-state index contributed by atoms with van der Waals surface area (Å²) in [6.07, 6.45) is 1.80. The van der Waals surface area contributed by atoms with Gasteiger partial charge in [-0.1, -0.05) is 58.4 Å². The topological polar surface area (TPSA) is 43.1 Å². The fourth-order valence-corrected chi connectivity index (χ4v) is 2.07. The molecule has 0 aliphatic heterocycles. The van der Waals surface area contributed by atoms with E-state index in [4.69, 9.17) is 5.73 Å². The van der Waals surface area contributed by atoms with Crippen molar-refractivity contribution in [3.63, 3.8) is 0 Å². The number of amides is 1. The number of rotatable bonds is 3. The molecule has 0 saturated carbocycles. The Morgan fingerprint density at radius 2 is 1.78 bits per heavy atom. The smallest absolute Gasteiger partial charge is 0.249 e. The second-order valence-electron chi connectivity index (χ2n) is 3.84. The van der Waals surface area contributed by atoms with Gasteiger partial charge < -0.3 is 5.73 Å². The number of carbonyl (C=O) groups is 1. The quantitative estimate of drug-likeness (QED) is 0.684. The molecule has 3 heteroatoms. The van der Waals surface area contributed by atoms with Crippen molar-refractivity contribution in [3.05, 3.63) is 70.2 Å². The molecule has 2 nitrogen and oxygen atoms in total. The molecule has 0 radical (unpaired) electrons. The first-order valence-corrected chi connectivity index (χ1v) is 6.28. The summed E-state index contributed by atoms with van der Waals surface area (Å²) < 4.78 is 0.917. The first-order valence-electron chi connectivity index (χ1n) is 5.49. The molecule has 2 aromatic carbocycles. The van der Waals surface area contributed by atoms with Crippen LogP contribution in [0.3, 0.4) is 0 Å². The lowest BCUT2D eigenvalue weighted by molar-refractivity contribution is -0.112. The van der Waals surface area contributed by atoms with Crippen molar-refractivity contribution in [2.24, 2.45) is 5.73 Å². The van der Waals surface area contributed by atoms with Gasteiger partial charge in [0.15, 0.2) is 0 Å². The second kappa shape index (κ2) is 5.65. The molecule has 18 heavy (non-hydrogen) atoms. The number of halogens is 1. The van der Waals surface area contributed by atoms with E-state index in [9.17, 15) is 4.79 Å². The van der Waals surface area contributed by atoms with E-state index in [0.717, 1.165) is 15.6 Å². The molecular weight excluding hydrogens is 290 g/mol. The molecule has 0 unspecified atom stereocenters. The van der Waals surface area contributed by atoms with Crippen LogP contribution in [-0.4, -0.2) is 5.91 Å². The van der Waals surface area contributed by atoms with Gasteiger partial charge in [0.05, 0.1) is 0 Å². The Hall–Kier alpha value is -1.87. The van der Waals surface area contributed by atoms with E-state index < -0.39 is 5.91 Å². The van der Waals surface area contributed by atoms with Gasteiger partial charge in [0.2, 0.25) is 5.91 Å². The average molecular weight is 302 g/mol. The zero-order chi connectivity index (χ0) is 13.0. The first kappa shape index (κ1) is 12.6. The number of hydrogen-bond donors (Lipinski definition) is 1. The third-order valence-corrected chi connectivity index (χ3v) is 3.00. The lowest BCUT2D eigenvalue weighted by atomic mass is 10.0. The van der Waals surface area contributed by atoms with Crippen molar-refractivity contribution in [3.8, 4) is 0 Å². The van der Waals surface area contributed by atoms with Gasteiger partial charge in [0.1, 0.15) is 0 Å². The Balaban J connectivity index is 2.47. The van der Waals surface area contributed by atoms with Crippen LogP contribution in [0.4, 0.5) is 0 Å². The van der Waals surface area contributed by atoms with Crippen LogP contribution in [0.2, 0.25) is 0 Å². The fraction of sp³-hybridized carbons (Fsp3) is 0. The minimum absolute atomic E-state index is 0.433. The van der Waals surface area contributed by atoms with Gasteiger partial charge in [-0.05, 0) is 29.3 Å². The lowest BCUT2D eigenvalue weighted by Gasteiger charge is -2.04. The molecule has 2 N–H and O–H groups in total. The summed E-state index contributed by atoms with van der Waals surface area (Å²) in [5.41, 5.74) is 7.70. The Morgan fingerprint density at radius 1 is 1.06 bits per heavy atom. The number of hydrogen-bond acceptors (Lipinski definition) is 1. The Kier molecular flexibility index (Phi) is 3.95. The number of primary amides is 1. The molecule has 2 aromatic rings. The summed E-state index contributed by atoms with van der Waals surface area (Å²) in [7, 11) is 0. The molecule has 1 amide bonds. The molecule has 0 bridgehead atoms. The first-order chi connectivity index (χ1) is 8.66. The summed E-state index contributed by atoms with van der Waals surface area (Å²) in [4.78, 5) is 11.6. The highest BCUT2D eigenvalue weighted by atomic mass is 79.9. The van der Waals surface area contributed by atoms with E-state index in [1.165, 1.54) is 0 Å². The Bertz CT molecular complexity index is 590. The van der Waals surface area contributed by atoms with E-state index in [0.29, 0.717) is 5.57 Å². The minimum Gasteiger partial charge on any atom is -0.366 e. The molecule has 0 atom stereocenters. The van der Waals surface area contributed by atoms with Gasteiger partial charge in [-0.2, -0.15) is 0 Å². The van der Waals surface area contributed by atoms with Crippen molar-refractivity contribution in [1.82, 2.24) is 0 Å². The van der Waals surface area contributed by atoms with Crippen LogP contribution in [0.1, 0.15) is 11.1 Å². The maximum Gasteiger partial charge on any atom is 0.249 e. The average Bonchev–Trinajstić information content (AvgIpc) is 2.37. The standard InChI is InChI=1S/C15H12BrNO/c16-13-8-4-7-12(10-13)14(15(17)18)9-11-5-2-1-3-6-11/h1-10H,(H2,17,18).